The monoisotopic (exact) mass is 470 g/mol. The van der Waals surface area contributed by atoms with Gasteiger partial charge < -0.3 is 24.4 Å². The van der Waals surface area contributed by atoms with E-state index in [9.17, 15) is 4.79 Å². The number of carbonyl (C=O) groups excluding carboxylic acids is 1. The molecule has 1 amide bonds. The molecule has 3 rings (SSSR count). The van der Waals surface area contributed by atoms with E-state index in [2.05, 4.69) is 50.4 Å². The Balaban J connectivity index is 0.000000430. The molecular weight excluding hydrogens is 428 g/mol. The van der Waals surface area contributed by atoms with Gasteiger partial charge >= 0.3 is 0 Å². The fourth-order valence-corrected chi connectivity index (χ4v) is 3.83. The third-order valence-corrected chi connectivity index (χ3v) is 5.85. The lowest BCUT2D eigenvalue weighted by atomic mass is 10.1. The number of nitrogens with zero attached hydrogens (tertiary/aromatic N) is 1. The van der Waals surface area contributed by atoms with Crippen LogP contribution in [0.15, 0.2) is 48.5 Å². The molecule has 1 unspecified atom stereocenters. The molecule has 0 spiro atoms. The molecular formula is C28H42N2O4. The first-order chi connectivity index (χ1) is 16.5. The summed E-state index contributed by atoms with van der Waals surface area (Å²) >= 11 is 0. The highest BCUT2D eigenvalue weighted by molar-refractivity contribution is 5.95. The Kier molecular flexibility index (Phi) is 12.5. The van der Waals surface area contributed by atoms with Gasteiger partial charge in [0, 0.05) is 24.8 Å². The Labute approximate surface area is 205 Å². The lowest BCUT2D eigenvalue weighted by Crippen LogP contribution is -2.40. The zero-order chi connectivity index (χ0) is 24.8. The average Bonchev–Trinajstić information content (AvgIpc) is 3.39. The van der Waals surface area contributed by atoms with E-state index in [0.717, 1.165) is 32.5 Å². The summed E-state index contributed by atoms with van der Waals surface area (Å²) in [5.74, 6) is 1.74. The van der Waals surface area contributed by atoms with E-state index in [4.69, 9.17) is 14.2 Å². The maximum Gasteiger partial charge on any atom is 0.254 e. The summed E-state index contributed by atoms with van der Waals surface area (Å²) in [4.78, 5) is 15.0. The lowest BCUT2D eigenvalue weighted by Gasteiger charge is -2.29. The molecule has 2 aromatic rings. The number of ether oxygens (including phenoxy) is 3. The van der Waals surface area contributed by atoms with Crippen LogP contribution >= 0.6 is 0 Å². The van der Waals surface area contributed by atoms with Crippen LogP contribution in [0.5, 0.6) is 11.5 Å². The average molecular weight is 471 g/mol. The van der Waals surface area contributed by atoms with Crippen molar-refractivity contribution in [2.75, 3.05) is 46.6 Å². The number of rotatable bonds is 11. The van der Waals surface area contributed by atoms with Crippen molar-refractivity contribution in [3.05, 3.63) is 59.7 Å². The molecule has 0 radical (unpaired) electrons. The van der Waals surface area contributed by atoms with Gasteiger partial charge in [0.05, 0.1) is 13.7 Å². The first-order valence-corrected chi connectivity index (χ1v) is 12.4. The van der Waals surface area contributed by atoms with Gasteiger partial charge in [0.1, 0.15) is 6.61 Å². The largest absolute Gasteiger partial charge is 0.493 e. The van der Waals surface area contributed by atoms with Crippen molar-refractivity contribution in [1.82, 2.24) is 10.2 Å². The minimum absolute atomic E-state index is 0.0317. The number of carbonyl (C=O) groups is 1. The van der Waals surface area contributed by atoms with Gasteiger partial charge in [-0.3, -0.25) is 4.79 Å². The quantitative estimate of drug-likeness (QED) is 0.477. The van der Waals surface area contributed by atoms with Crippen molar-refractivity contribution in [3.8, 4) is 11.5 Å². The van der Waals surface area contributed by atoms with Crippen LogP contribution in [-0.2, 0) is 11.2 Å². The van der Waals surface area contributed by atoms with Crippen molar-refractivity contribution < 1.29 is 19.0 Å². The molecule has 34 heavy (non-hydrogen) atoms. The number of hydrogen-bond donors (Lipinski definition) is 1. The molecule has 1 atom stereocenters. The number of nitrogens with one attached hydrogen (secondary N) is 1. The zero-order valence-electron chi connectivity index (χ0n) is 21.5. The molecule has 1 saturated heterocycles. The Morgan fingerprint density at radius 3 is 2.41 bits per heavy atom. The van der Waals surface area contributed by atoms with Gasteiger partial charge in [0.2, 0.25) is 0 Å². The Bertz CT molecular complexity index is 836. The molecule has 1 fully saturated rings. The summed E-state index contributed by atoms with van der Waals surface area (Å²) in [6.45, 7) is 12.6. The number of hydrogen-bond acceptors (Lipinski definition) is 5. The van der Waals surface area contributed by atoms with Crippen LogP contribution < -0.4 is 14.8 Å². The summed E-state index contributed by atoms with van der Waals surface area (Å²) in [6.07, 6.45) is 2.26. The Morgan fingerprint density at radius 2 is 1.85 bits per heavy atom. The maximum atomic E-state index is 13.1. The second kappa shape index (κ2) is 15.4. The van der Waals surface area contributed by atoms with Crippen molar-refractivity contribution in [2.45, 2.75) is 46.6 Å². The van der Waals surface area contributed by atoms with Crippen LogP contribution in [0, 0.1) is 5.92 Å². The van der Waals surface area contributed by atoms with Crippen LogP contribution in [0.2, 0.25) is 0 Å². The van der Waals surface area contributed by atoms with Gasteiger partial charge in [-0.15, -0.1) is 0 Å². The van der Waals surface area contributed by atoms with Crippen molar-refractivity contribution in [2.24, 2.45) is 5.92 Å². The standard InChI is InChI=1S/C20H32N2O4.C8H10/c1-5-25-10-11-26-19-12-17(6-7-18(19)24-4)20(23)22(15(2)3)14-16-8-9-21-13-16;1-2-8-6-4-3-5-7-8/h6-7,12,15-16,21H,5,8-11,13-14H2,1-4H3;3-7H,2H2,1H3. The molecule has 0 aliphatic carbocycles. The van der Waals surface area contributed by atoms with Gasteiger partial charge in [-0.25, -0.2) is 0 Å². The molecule has 188 valence electrons. The van der Waals surface area contributed by atoms with Crippen molar-refractivity contribution in [3.63, 3.8) is 0 Å². The van der Waals surface area contributed by atoms with Crippen LogP contribution in [0.25, 0.3) is 0 Å². The molecule has 2 aromatic carbocycles. The number of methoxy groups -OCH3 is 1. The van der Waals surface area contributed by atoms with E-state index < -0.39 is 0 Å². The van der Waals surface area contributed by atoms with Crippen LogP contribution in [0.1, 0.15) is 50.0 Å². The summed E-state index contributed by atoms with van der Waals surface area (Å²) in [7, 11) is 1.60. The zero-order valence-corrected chi connectivity index (χ0v) is 21.5. The van der Waals surface area contributed by atoms with E-state index in [-0.39, 0.29) is 11.9 Å². The molecule has 1 heterocycles. The molecule has 0 saturated carbocycles. The van der Waals surface area contributed by atoms with Crippen molar-refractivity contribution >= 4 is 5.91 Å². The molecule has 1 N–H and O–H groups in total. The predicted octanol–water partition coefficient (Wildman–Crippen LogP) is 4.82. The Morgan fingerprint density at radius 1 is 1.09 bits per heavy atom. The number of aryl methyl sites for hydroxylation is 1. The molecule has 1 aliphatic rings. The molecule has 6 heteroatoms. The minimum atomic E-state index is 0.0317. The SMILES string of the molecule is CCOCCOc1cc(C(=O)N(CC2CCNC2)C(C)C)ccc1OC.CCc1ccccc1. The van der Waals surface area contributed by atoms with E-state index in [1.807, 2.05) is 17.9 Å². The van der Waals surface area contributed by atoms with Crippen LogP contribution in [0.4, 0.5) is 0 Å². The normalized spacial score (nSPS) is 14.9. The maximum absolute atomic E-state index is 13.1. The fourth-order valence-electron chi connectivity index (χ4n) is 3.83. The third-order valence-electron chi connectivity index (χ3n) is 5.85. The minimum Gasteiger partial charge on any atom is -0.493 e. The van der Waals surface area contributed by atoms with E-state index in [0.29, 0.717) is 42.8 Å². The van der Waals surface area contributed by atoms with Crippen molar-refractivity contribution in [1.29, 1.82) is 0 Å². The highest BCUT2D eigenvalue weighted by atomic mass is 16.5. The summed E-state index contributed by atoms with van der Waals surface area (Å²) in [6, 6.07) is 16.0. The second-order valence-electron chi connectivity index (χ2n) is 8.66. The van der Waals surface area contributed by atoms with Gasteiger partial charge in [0.25, 0.3) is 5.91 Å². The van der Waals surface area contributed by atoms with Crippen LogP contribution in [0.3, 0.4) is 0 Å². The van der Waals surface area contributed by atoms with Crippen LogP contribution in [-0.4, -0.2) is 63.4 Å². The lowest BCUT2D eigenvalue weighted by molar-refractivity contribution is 0.0676. The fraction of sp³-hybridized carbons (Fsp3) is 0.536. The second-order valence-corrected chi connectivity index (χ2v) is 8.66. The number of benzene rings is 2. The third kappa shape index (κ3) is 8.99. The van der Waals surface area contributed by atoms with E-state index in [1.165, 1.54) is 5.56 Å². The molecule has 0 aromatic heterocycles. The van der Waals surface area contributed by atoms with E-state index in [1.54, 1.807) is 25.3 Å². The number of amides is 1. The highest BCUT2D eigenvalue weighted by Crippen LogP contribution is 2.29. The molecule has 6 nitrogen and oxygen atoms in total. The van der Waals surface area contributed by atoms with E-state index >= 15 is 0 Å². The molecule has 1 aliphatic heterocycles. The Hall–Kier alpha value is -2.57. The topological polar surface area (TPSA) is 60.0 Å². The first kappa shape index (κ1) is 27.7. The first-order valence-electron chi connectivity index (χ1n) is 12.4. The van der Waals surface area contributed by atoms with Gasteiger partial charge in [-0.1, -0.05) is 37.3 Å². The summed E-state index contributed by atoms with van der Waals surface area (Å²) in [5.41, 5.74) is 2.03. The smallest absolute Gasteiger partial charge is 0.254 e. The summed E-state index contributed by atoms with van der Waals surface area (Å²) in [5, 5.41) is 3.37. The molecule has 0 bridgehead atoms. The highest BCUT2D eigenvalue weighted by Gasteiger charge is 2.25. The van der Waals surface area contributed by atoms with Gasteiger partial charge in [-0.2, -0.15) is 0 Å². The predicted molar refractivity (Wildman–Crippen MR) is 138 cm³/mol. The van der Waals surface area contributed by atoms with Gasteiger partial charge in [-0.05, 0) is 76.4 Å². The summed E-state index contributed by atoms with van der Waals surface area (Å²) < 4.78 is 16.4. The van der Waals surface area contributed by atoms with Gasteiger partial charge in [0.15, 0.2) is 11.5 Å².